The molecule has 1 N–H and O–H groups in total. The largest absolute Gasteiger partial charge is 0.354 e. The second-order valence-corrected chi connectivity index (χ2v) is 5.29. The fourth-order valence-corrected chi connectivity index (χ4v) is 2.42. The van der Waals surface area contributed by atoms with Crippen LogP contribution in [0.4, 0.5) is 11.4 Å². The first-order chi connectivity index (χ1) is 10.7. The van der Waals surface area contributed by atoms with E-state index in [2.05, 4.69) is 5.32 Å². The highest BCUT2D eigenvalue weighted by atomic mass is 35.5. The Bertz CT molecular complexity index is 785. The second-order valence-electron chi connectivity index (χ2n) is 4.88. The molecule has 0 atom stereocenters. The third kappa shape index (κ3) is 3.18. The van der Waals surface area contributed by atoms with Crippen LogP contribution in [0.1, 0.15) is 15.9 Å². The molecular formula is C19H14ClNO. The first kappa shape index (κ1) is 14.4. The molecule has 108 valence electrons. The van der Waals surface area contributed by atoms with Crippen molar-refractivity contribution in [1.29, 1.82) is 0 Å². The Morgan fingerprint density at radius 2 is 1.41 bits per heavy atom. The lowest BCUT2D eigenvalue weighted by Crippen LogP contribution is -2.01. The first-order valence-corrected chi connectivity index (χ1v) is 7.33. The van der Waals surface area contributed by atoms with Crippen molar-refractivity contribution in [2.45, 2.75) is 0 Å². The maximum absolute atomic E-state index is 12.4. The second kappa shape index (κ2) is 6.46. The summed E-state index contributed by atoms with van der Waals surface area (Å²) in [5, 5.41) is 3.75. The van der Waals surface area contributed by atoms with Gasteiger partial charge in [0, 0.05) is 16.8 Å². The van der Waals surface area contributed by atoms with E-state index in [1.165, 1.54) is 0 Å². The standard InChI is InChI=1S/C19H14ClNO/c20-17-13-15(19(22)14-7-3-1-4-8-14)11-12-18(17)21-16-9-5-2-6-10-16/h1-13,21H. The van der Waals surface area contributed by atoms with Crippen molar-refractivity contribution < 1.29 is 4.79 Å². The summed E-state index contributed by atoms with van der Waals surface area (Å²) in [4.78, 5) is 12.4. The summed E-state index contributed by atoms with van der Waals surface area (Å²) in [6.07, 6.45) is 0. The molecule has 0 aliphatic heterocycles. The van der Waals surface area contributed by atoms with Crippen LogP contribution in [0.25, 0.3) is 0 Å². The SMILES string of the molecule is O=C(c1ccccc1)c1ccc(Nc2ccccc2)c(Cl)c1. The number of nitrogens with one attached hydrogen (secondary N) is 1. The zero-order valence-corrected chi connectivity index (χ0v) is 12.5. The lowest BCUT2D eigenvalue weighted by atomic mass is 10.0. The van der Waals surface area contributed by atoms with Crippen molar-refractivity contribution in [3.05, 3.63) is 95.0 Å². The number of hydrogen-bond acceptors (Lipinski definition) is 2. The number of ketones is 1. The van der Waals surface area contributed by atoms with E-state index in [1.54, 1.807) is 24.3 Å². The van der Waals surface area contributed by atoms with Crippen molar-refractivity contribution in [3.63, 3.8) is 0 Å². The van der Waals surface area contributed by atoms with E-state index in [9.17, 15) is 4.79 Å². The van der Waals surface area contributed by atoms with Crippen LogP contribution in [-0.2, 0) is 0 Å². The van der Waals surface area contributed by atoms with Crippen LogP contribution < -0.4 is 5.32 Å². The van der Waals surface area contributed by atoms with Gasteiger partial charge in [-0.05, 0) is 30.3 Å². The Balaban J connectivity index is 1.85. The van der Waals surface area contributed by atoms with Crippen LogP contribution in [0.5, 0.6) is 0 Å². The molecule has 0 saturated heterocycles. The monoisotopic (exact) mass is 307 g/mol. The maximum atomic E-state index is 12.4. The predicted molar refractivity (Wildman–Crippen MR) is 91.1 cm³/mol. The third-order valence-corrected chi connectivity index (χ3v) is 3.63. The minimum atomic E-state index is -0.0336. The van der Waals surface area contributed by atoms with Crippen molar-refractivity contribution in [1.82, 2.24) is 0 Å². The highest BCUT2D eigenvalue weighted by molar-refractivity contribution is 6.34. The minimum Gasteiger partial charge on any atom is -0.354 e. The van der Waals surface area contributed by atoms with Gasteiger partial charge in [0.1, 0.15) is 0 Å². The minimum absolute atomic E-state index is 0.0336. The van der Waals surface area contributed by atoms with Crippen LogP contribution in [-0.4, -0.2) is 5.78 Å². The number of rotatable bonds is 4. The summed E-state index contributed by atoms with van der Waals surface area (Å²) in [5.74, 6) is -0.0336. The van der Waals surface area contributed by atoms with Gasteiger partial charge in [-0.1, -0.05) is 60.1 Å². The molecule has 3 aromatic rings. The van der Waals surface area contributed by atoms with E-state index in [-0.39, 0.29) is 5.78 Å². The average Bonchev–Trinajstić information content (AvgIpc) is 2.58. The Morgan fingerprint density at radius 3 is 2.05 bits per heavy atom. The Hall–Kier alpha value is -2.58. The third-order valence-electron chi connectivity index (χ3n) is 3.32. The van der Waals surface area contributed by atoms with Crippen molar-refractivity contribution >= 4 is 28.8 Å². The highest BCUT2D eigenvalue weighted by Crippen LogP contribution is 2.27. The lowest BCUT2D eigenvalue weighted by molar-refractivity contribution is 0.103. The number of carbonyl (C=O) groups excluding carboxylic acids is 1. The van der Waals surface area contributed by atoms with E-state index in [0.29, 0.717) is 16.1 Å². The predicted octanol–water partition coefficient (Wildman–Crippen LogP) is 5.31. The van der Waals surface area contributed by atoms with Gasteiger partial charge in [-0.3, -0.25) is 4.79 Å². The number of benzene rings is 3. The number of halogens is 1. The summed E-state index contributed by atoms with van der Waals surface area (Å²) in [5.41, 5.74) is 2.96. The number of para-hydroxylation sites is 1. The molecule has 22 heavy (non-hydrogen) atoms. The molecule has 2 nitrogen and oxygen atoms in total. The van der Waals surface area contributed by atoms with Crippen molar-refractivity contribution in [2.75, 3.05) is 5.32 Å². The van der Waals surface area contributed by atoms with Gasteiger partial charge in [0.2, 0.25) is 0 Å². The molecule has 0 bridgehead atoms. The molecule has 0 radical (unpaired) electrons. The molecule has 0 aliphatic carbocycles. The zero-order chi connectivity index (χ0) is 15.4. The molecule has 0 heterocycles. The van der Waals surface area contributed by atoms with Crippen LogP contribution >= 0.6 is 11.6 Å². The molecule has 0 spiro atoms. The summed E-state index contributed by atoms with van der Waals surface area (Å²) >= 11 is 6.30. The van der Waals surface area contributed by atoms with E-state index in [4.69, 9.17) is 11.6 Å². The van der Waals surface area contributed by atoms with Gasteiger partial charge >= 0.3 is 0 Å². The smallest absolute Gasteiger partial charge is 0.193 e. The Kier molecular flexibility index (Phi) is 4.22. The molecule has 0 amide bonds. The van der Waals surface area contributed by atoms with Gasteiger partial charge < -0.3 is 5.32 Å². The van der Waals surface area contributed by atoms with E-state index < -0.39 is 0 Å². The van der Waals surface area contributed by atoms with Crippen LogP contribution in [0.3, 0.4) is 0 Å². The number of anilines is 2. The van der Waals surface area contributed by atoms with Gasteiger partial charge in [-0.25, -0.2) is 0 Å². The average molecular weight is 308 g/mol. The van der Waals surface area contributed by atoms with Gasteiger partial charge in [0.15, 0.2) is 5.78 Å². The van der Waals surface area contributed by atoms with E-state index >= 15 is 0 Å². The molecule has 0 saturated carbocycles. The molecule has 0 unspecified atom stereocenters. The topological polar surface area (TPSA) is 29.1 Å². The fraction of sp³-hybridized carbons (Fsp3) is 0. The van der Waals surface area contributed by atoms with E-state index in [1.807, 2.05) is 54.6 Å². The summed E-state index contributed by atoms with van der Waals surface area (Å²) < 4.78 is 0. The van der Waals surface area contributed by atoms with E-state index in [0.717, 1.165) is 11.4 Å². The Labute approximate surface area is 134 Å². The van der Waals surface area contributed by atoms with Crippen LogP contribution in [0.15, 0.2) is 78.9 Å². The van der Waals surface area contributed by atoms with Crippen LogP contribution in [0, 0.1) is 0 Å². The lowest BCUT2D eigenvalue weighted by Gasteiger charge is -2.10. The van der Waals surface area contributed by atoms with Crippen molar-refractivity contribution in [2.24, 2.45) is 0 Å². The molecule has 0 aliphatic rings. The normalized spacial score (nSPS) is 10.2. The highest BCUT2D eigenvalue weighted by Gasteiger charge is 2.10. The summed E-state index contributed by atoms with van der Waals surface area (Å²) in [7, 11) is 0. The van der Waals surface area contributed by atoms with Gasteiger partial charge in [-0.2, -0.15) is 0 Å². The first-order valence-electron chi connectivity index (χ1n) is 6.95. The number of carbonyl (C=O) groups is 1. The molecule has 3 heteroatoms. The quantitative estimate of drug-likeness (QED) is 0.661. The van der Waals surface area contributed by atoms with Crippen LogP contribution in [0.2, 0.25) is 5.02 Å². The molecule has 0 fully saturated rings. The maximum Gasteiger partial charge on any atom is 0.193 e. The fourth-order valence-electron chi connectivity index (χ4n) is 2.19. The Morgan fingerprint density at radius 1 is 0.773 bits per heavy atom. The van der Waals surface area contributed by atoms with Crippen molar-refractivity contribution in [3.8, 4) is 0 Å². The van der Waals surface area contributed by atoms with Gasteiger partial charge in [0.25, 0.3) is 0 Å². The van der Waals surface area contributed by atoms with Gasteiger partial charge in [-0.15, -0.1) is 0 Å². The van der Waals surface area contributed by atoms with Gasteiger partial charge in [0.05, 0.1) is 10.7 Å². The molecule has 3 aromatic carbocycles. The number of hydrogen-bond donors (Lipinski definition) is 1. The summed E-state index contributed by atoms with van der Waals surface area (Å²) in [6.45, 7) is 0. The molecule has 3 rings (SSSR count). The molecule has 0 aromatic heterocycles. The summed E-state index contributed by atoms with van der Waals surface area (Å²) in [6, 6.07) is 24.2. The molecular weight excluding hydrogens is 294 g/mol. The zero-order valence-electron chi connectivity index (χ0n) is 11.8.